The lowest BCUT2D eigenvalue weighted by Gasteiger charge is -2.34. The number of hydrogen-bond donors (Lipinski definition) is 0. The number of piperazine rings is 1. The minimum absolute atomic E-state index is 0.803. The summed E-state index contributed by atoms with van der Waals surface area (Å²) in [7, 11) is 0. The highest BCUT2D eigenvalue weighted by Crippen LogP contribution is 2.20. The second-order valence-electron chi connectivity index (χ2n) is 6.11. The monoisotopic (exact) mass is 327 g/mol. The van der Waals surface area contributed by atoms with E-state index in [0.29, 0.717) is 0 Å². The molecule has 4 heterocycles. The molecule has 8 nitrogen and oxygen atoms in total. The van der Waals surface area contributed by atoms with Gasteiger partial charge in [0.1, 0.15) is 5.82 Å². The summed E-state index contributed by atoms with van der Waals surface area (Å²) in [5.74, 6) is 2.80. The molecule has 1 fully saturated rings. The van der Waals surface area contributed by atoms with E-state index in [1.807, 2.05) is 29.8 Å². The molecule has 0 unspecified atom stereocenters. The van der Waals surface area contributed by atoms with Crippen LogP contribution in [0.15, 0.2) is 23.0 Å². The molecule has 0 amide bonds. The molecular weight excluding hydrogens is 306 g/mol. The lowest BCUT2D eigenvalue weighted by atomic mass is 10.3. The molecule has 24 heavy (non-hydrogen) atoms. The molecule has 0 bridgehead atoms. The van der Waals surface area contributed by atoms with E-state index in [0.717, 1.165) is 67.9 Å². The quantitative estimate of drug-likeness (QED) is 0.715. The molecule has 1 saturated heterocycles. The average Bonchev–Trinajstić information content (AvgIpc) is 3.21. The smallest absolute Gasteiger partial charge is 0.203 e. The molecule has 1 aliphatic rings. The summed E-state index contributed by atoms with van der Waals surface area (Å²) in [5.41, 5.74) is 1.77. The standard InChI is InChI=1S/C16H21N7O/c1-3-14-18-19-16-15(17-4-5-23(14)16)22-8-6-21(7-9-22)11-13-10-12(2)20-24-13/h4-5,10H,3,6-9,11H2,1-2H3. The van der Waals surface area contributed by atoms with Crippen molar-refractivity contribution in [3.63, 3.8) is 0 Å². The lowest BCUT2D eigenvalue weighted by molar-refractivity contribution is 0.219. The van der Waals surface area contributed by atoms with E-state index in [-0.39, 0.29) is 0 Å². The summed E-state index contributed by atoms with van der Waals surface area (Å²) in [4.78, 5) is 9.20. The fourth-order valence-corrected chi connectivity index (χ4v) is 3.15. The van der Waals surface area contributed by atoms with Gasteiger partial charge in [0.2, 0.25) is 5.65 Å². The first kappa shape index (κ1) is 15.1. The molecule has 126 valence electrons. The number of hydrogen-bond acceptors (Lipinski definition) is 7. The SMILES string of the molecule is CCc1nnc2c(N3CCN(Cc4cc(C)no4)CC3)nccn12. The molecule has 4 rings (SSSR count). The molecule has 3 aromatic rings. The van der Waals surface area contributed by atoms with Crippen molar-refractivity contribution < 1.29 is 4.52 Å². The molecule has 0 spiro atoms. The van der Waals surface area contributed by atoms with Crippen LogP contribution in [-0.4, -0.2) is 55.8 Å². The van der Waals surface area contributed by atoms with Gasteiger partial charge < -0.3 is 9.42 Å². The molecule has 0 radical (unpaired) electrons. The van der Waals surface area contributed by atoms with E-state index in [4.69, 9.17) is 4.52 Å². The van der Waals surface area contributed by atoms with Gasteiger partial charge in [-0.2, -0.15) is 0 Å². The number of nitrogens with zero attached hydrogens (tertiary/aromatic N) is 7. The Bertz CT molecular complexity index is 832. The summed E-state index contributed by atoms with van der Waals surface area (Å²) < 4.78 is 7.35. The van der Waals surface area contributed by atoms with E-state index in [1.165, 1.54) is 0 Å². The third-order valence-corrected chi connectivity index (χ3v) is 4.42. The number of rotatable bonds is 4. The first-order chi connectivity index (χ1) is 11.7. The Balaban J connectivity index is 1.47. The van der Waals surface area contributed by atoms with Gasteiger partial charge in [-0.05, 0) is 6.92 Å². The lowest BCUT2D eigenvalue weighted by Crippen LogP contribution is -2.46. The fourth-order valence-electron chi connectivity index (χ4n) is 3.15. The zero-order valence-electron chi connectivity index (χ0n) is 14.0. The summed E-state index contributed by atoms with van der Waals surface area (Å²) in [6.45, 7) is 8.56. The summed E-state index contributed by atoms with van der Waals surface area (Å²) >= 11 is 0. The molecule has 0 aromatic carbocycles. The Hall–Kier alpha value is -2.48. The zero-order chi connectivity index (χ0) is 16.5. The van der Waals surface area contributed by atoms with Gasteiger partial charge in [-0.15, -0.1) is 10.2 Å². The van der Waals surface area contributed by atoms with Gasteiger partial charge in [0.05, 0.1) is 12.2 Å². The van der Waals surface area contributed by atoms with Gasteiger partial charge in [0, 0.05) is 51.1 Å². The Morgan fingerprint density at radius 1 is 1.17 bits per heavy atom. The molecule has 0 aliphatic carbocycles. The third-order valence-electron chi connectivity index (χ3n) is 4.42. The Kier molecular flexibility index (Phi) is 3.89. The maximum absolute atomic E-state index is 5.31. The van der Waals surface area contributed by atoms with Crippen LogP contribution in [0.1, 0.15) is 24.2 Å². The summed E-state index contributed by atoms with van der Waals surface area (Å²) in [6.07, 6.45) is 4.61. The van der Waals surface area contributed by atoms with Gasteiger partial charge in [-0.3, -0.25) is 9.30 Å². The molecule has 0 N–H and O–H groups in total. The van der Waals surface area contributed by atoms with Crippen molar-refractivity contribution in [3.05, 3.63) is 35.7 Å². The van der Waals surface area contributed by atoms with E-state index in [1.54, 1.807) is 0 Å². The van der Waals surface area contributed by atoms with Gasteiger partial charge in [-0.1, -0.05) is 12.1 Å². The maximum Gasteiger partial charge on any atom is 0.203 e. The highest BCUT2D eigenvalue weighted by atomic mass is 16.5. The molecule has 0 atom stereocenters. The van der Waals surface area contributed by atoms with E-state index < -0.39 is 0 Å². The van der Waals surface area contributed by atoms with Gasteiger partial charge in [-0.25, -0.2) is 4.98 Å². The van der Waals surface area contributed by atoms with Crippen molar-refractivity contribution in [1.29, 1.82) is 0 Å². The number of aromatic nitrogens is 5. The second-order valence-corrected chi connectivity index (χ2v) is 6.11. The Morgan fingerprint density at radius 3 is 2.71 bits per heavy atom. The van der Waals surface area contributed by atoms with Gasteiger partial charge in [0.15, 0.2) is 11.6 Å². The van der Waals surface area contributed by atoms with Crippen LogP contribution in [0, 0.1) is 6.92 Å². The van der Waals surface area contributed by atoms with Crippen LogP contribution in [0.2, 0.25) is 0 Å². The Morgan fingerprint density at radius 2 is 2.00 bits per heavy atom. The number of fused-ring (bicyclic) bond motifs is 1. The van der Waals surface area contributed by atoms with Gasteiger partial charge in [0.25, 0.3) is 0 Å². The average molecular weight is 327 g/mol. The van der Waals surface area contributed by atoms with Crippen molar-refractivity contribution >= 4 is 11.5 Å². The minimum atomic E-state index is 0.803. The predicted octanol–water partition coefficient (Wildman–Crippen LogP) is 1.31. The van der Waals surface area contributed by atoms with Crippen LogP contribution in [0.4, 0.5) is 5.82 Å². The van der Waals surface area contributed by atoms with Crippen LogP contribution in [0.3, 0.4) is 0 Å². The zero-order valence-corrected chi connectivity index (χ0v) is 14.0. The molecule has 3 aromatic heterocycles. The molecule has 8 heteroatoms. The summed E-state index contributed by atoms with van der Waals surface area (Å²) in [5, 5.41) is 12.5. The van der Waals surface area contributed by atoms with Crippen LogP contribution < -0.4 is 4.90 Å². The van der Waals surface area contributed by atoms with Crippen LogP contribution in [-0.2, 0) is 13.0 Å². The van der Waals surface area contributed by atoms with Gasteiger partial charge >= 0.3 is 0 Å². The normalized spacial score (nSPS) is 16.2. The van der Waals surface area contributed by atoms with E-state index in [2.05, 4.69) is 37.1 Å². The van der Waals surface area contributed by atoms with Crippen LogP contribution >= 0.6 is 0 Å². The van der Waals surface area contributed by atoms with Crippen molar-refractivity contribution in [1.82, 2.24) is 29.6 Å². The second kappa shape index (κ2) is 6.20. The van der Waals surface area contributed by atoms with Crippen molar-refractivity contribution in [2.45, 2.75) is 26.8 Å². The Labute approximate surface area is 140 Å². The van der Waals surface area contributed by atoms with Crippen LogP contribution in [0.5, 0.6) is 0 Å². The minimum Gasteiger partial charge on any atom is -0.360 e. The molecule has 0 saturated carbocycles. The predicted molar refractivity (Wildman–Crippen MR) is 88.9 cm³/mol. The van der Waals surface area contributed by atoms with Crippen LogP contribution in [0.25, 0.3) is 5.65 Å². The number of anilines is 1. The van der Waals surface area contributed by atoms with Crippen molar-refractivity contribution in [2.24, 2.45) is 0 Å². The molecule has 1 aliphatic heterocycles. The fraction of sp³-hybridized carbons (Fsp3) is 0.500. The highest BCUT2D eigenvalue weighted by molar-refractivity contribution is 5.64. The van der Waals surface area contributed by atoms with E-state index in [9.17, 15) is 0 Å². The van der Waals surface area contributed by atoms with Crippen molar-refractivity contribution in [3.8, 4) is 0 Å². The first-order valence-corrected chi connectivity index (χ1v) is 8.32. The van der Waals surface area contributed by atoms with E-state index >= 15 is 0 Å². The third kappa shape index (κ3) is 2.73. The first-order valence-electron chi connectivity index (χ1n) is 8.32. The summed E-state index contributed by atoms with van der Waals surface area (Å²) in [6, 6.07) is 2.00. The largest absolute Gasteiger partial charge is 0.360 e. The topological polar surface area (TPSA) is 75.6 Å². The number of aryl methyl sites for hydroxylation is 2. The van der Waals surface area contributed by atoms with Crippen molar-refractivity contribution in [2.75, 3.05) is 31.1 Å². The maximum atomic E-state index is 5.31. The molecular formula is C16H21N7O. The highest BCUT2D eigenvalue weighted by Gasteiger charge is 2.22.